The summed E-state index contributed by atoms with van der Waals surface area (Å²) in [4.78, 5) is 15.8. The molecule has 18 heavy (non-hydrogen) atoms. The molecule has 0 atom stereocenters. The van der Waals surface area contributed by atoms with Crippen molar-refractivity contribution in [3.05, 3.63) is 71.6 Å². The molecular weight excluding hydrogens is 222 g/mol. The number of pyridine rings is 1. The third-order valence-electron chi connectivity index (χ3n) is 2.73. The molecule has 0 aliphatic carbocycles. The molecule has 0 aliphatic rings. The molecule has 1 aromatic heterocycles. The highest BCUT2D eigenvalue weighted by Crippen LogP contribution is 2.07. The third-order valence-corrected chi connectivity index (χ3v) is 2.73. The Morgan fingerprint density at radius 1 is 1.17 bits per heavy atom. The van der Waals surface area contributed by atoms with E-state index in [2.05, 4.69) is 24.0 Å². The molecule has 0 unspecified atom stereocenters. The van der Waals surface area contributed by atoms with Gasteiger partial charge in [-0.15, -0.1) is 0 Å². The van der Waals surface area contributed by atoms with Crippen LogP contribution in [0, 0.1) is 0 Å². The van der Waals surface area contributed by atoms with Gasteiger partial charge < -0.3 is 0 Å². The molecule has 2 heteroatoms. The van der Waals surface area contributed by atoms with Crippen LogP contribution in [0.1, 0.15) is 28.5 Å². The van der Waals surface area contributed by atoms with E-state index in [1.807, 2.05) is 24.3 Å². The van der Waals surface area contributed by atoms with Gasteiger partial charge in [-0.3, -0.25) is 9.78 Å². The molecule has 0 radical (unpaired) electrons. The van der Waals surface area contributed by atoms with E-state index in [-0.39, 0.29) is 5.78 Å². The van der Waals surface area contributed by atoms with Crippen molar-refractivity contribution in [3.63, 3.8) is 0 Å². The van der Waals surface area contributed by atoms with E-state index in [9.17, 15) is 4.79 Å². The standard InChI is InChI=1S/C16H15NO/c1-2-13-6-8-14(9-7-13)10-11-16(18)15-5-3-4-12-17-15/h3-12H,2H2,1H3. The van der Waals surface area contributed by atoms with Gasteiger partial charge in [0.25, 0.3) is 0 Å². The lowest BCUT2D eigenvalue weighted by atomic mass is 10.1. The number of hydrogen-bond acceptors (Lipinski definition) is 2. The van der Waals surface area contributed by atoms with Crippen LogP contribution in [0.5, 0.6) is 0 Å². The maximum Gasteiger partial charge on any atom is 0.204 e. The van der Waals surface area contributed by atoms with Crippen LogP contribution in [-0.2, 0) is 6.42 Å². The largest absolute Gasteiger partial charge is 0.288 e. The fourth-order valence-electron chi connectivity index (χ4n) is 1.63. The number of ketones is 1. The van der Waals surface area contributed by atoms with Gasteiger partial charge in [-0.2, -0.15) is 0 Å². The summed E-state index contributed by atoms with van der Waals surface area (Å²) in [6.45, 7) is 2.12. The average molecular weight is 237 g/mol. The first-order valence-electron chi connectivity index (χ1n) is 6.02. The van der Waals surface area contributed by atoms with Gasteiger partial charge in [0.05, 0.1) is 0 Å². The van der Waals surface area contributed by atoms with Crippen molar-refractivity contribution in [2.45, 2.75) is 13.3 Å². The van der Waals surface area contributed by atoms with Crippen LogP contribution in [-0.4, -0.2) is 10.8 Å². The van der Waals surface area contributed by atoms with E-state index in [4.69, 9.17) is 0 Å². The Balaban J connectivity index is 2.08. The maximum absolute atomic E-state index is 11.8. The first-order chi connectivity index (χ1) is 8.79. The summed E-state index contributed by atoms with van der Waals surface area (Å²) in [6, 6.07) is 13.5. The molecule has 0 spiro atoms. The van der Waals surface area contributed by atoms with Crippen molar-refractivity contribution in [2.75, 3.05) is 0 Å². The normalized spacial score (nSPS) is 10.7. The van der Waals surface area contributed by atoms with E-state index in [0.29, 0.717) is 5.69 Å². The topological polar surface area (TPSA) is 30.0 Å². The molecule has 2 rings (SSSR count). The van der Waals surface area contributed by atoms with Crippen molar-refractivity contribution < 1.29 is 4.79 Å². The molecule has 90 valence electrons. The molecule has 0 amide bonds. The minimum absolute atomic E-state index is 0.0739. The summed E-state index contributed by atoms with van der Waals surface area (Å²) in [6.07, 6.45) is 6.02. The van der Waals surface area contributed by atoms with E-state index < -0.39 is 0 Å². The van der Waals surface area contributed by atoms with Gasteiger partial charge in [-0.1, -0.05) is 43.3 Å². The predicted octanol–water partition coefficient (Wildman–Crippen LogP) is 3.54. The van der Waals surface area contributed by atoms with Crippen molar-refractivity contribution in [1.29, 1.82) is 0 Å². The summed E-state index contributed by atoms with van der Waals surface area (Å²) >= 11 is 0. The van der Waals surface area contributed by atoms with Crippen LogP contribution in [0.15, 0.2) is 54.7 Å². The van der Waals surface area contributed by atoms with E-state index in [1.165, 1.54) is 5.56 Å². The van der Waals surface area contributed by atoms with Crippen molar-refractivity contribution in [2.24, 2.45) is 0 Å². The Bertz CT molecular complexity index is 541. The Hall–Kier alpha value is -2.22. The van der Waals surface area contributed by atoms with Crippen molar-refractivity contribution >= 4 is 11.9 Å². The molecule has 1 heterocycles. The van der Waals surface area contributed by atoms with Crippen LogP contribution in [0.2, 0.25) is 0 Å². The number of carbonyl (C=O) groups excluding carboxylic acids is 1. The highest BCUT2D eigenvalue weighted by molar-refractivity contribution is 6.05. The number of allylic oxidation sites excluding steroid dienone is 1. The molecule has 0 fully saturated rings. The zero-order chi connectivity index (χ0) is 12.8. The monoisotopic (exact) mass is 237 g/mol. The molecule has 0 saturated carbocycles. The lowest BCUT2D eigenvalue weighted by Crippen LogP contribution is -1.96. The second kappa shape index (κ2) is 5.92. The van der Waals surface area contributed by atoms with E-state index in [1.54, 1.807) is 24.4 Å². The Morgan fingerprint density at radius 3 is 2.56 bits per heavy atom. The second-order valence-electron chi connectivity index (χ2n) is 4.01. The van der Waals surface area contributed by atoms with Crippen molar-refractivity contribution in [3.8, 4) is 0 Å². The number of benzene rings is 1. The van der Waals surface area contributed by atoms with E-state index >= 15 is 0 Å². The highest BCUT2D eigenvalue weighted by atomic mass is 16.1. The van der Waals surface area contributed by atoms with Crippen LogP contribution in [0.25, 0.3) is 6.08 Å². The lowest BCUT2D eigenvalue weighted by Gasteiger charge is -1.97. The summed E-state index contributed by atoms with van der Waals surface area (Å²) in [5, 5.41) is 0. The fourth-order valence-corrected chi connectivity index (χ4v) is 1.63. The minimum atomic E-state index is -0.0739. The third kappa shape index (κ3) is 3.14. The van der Waals surface area contributed by atoms with Crippen LogP contribution >= 0.6 is 0 Å². The first-order valence-corrected chi connectivity index (χ1v) is 6.02. The molecule has 0 N–H and O–H groups in total. The Kier molecular flexibility index (Phi) is 4.02. The zero-order valence-corrected chi connectivity index (χ0v) is 10.3. The zero-order valence-electron chi connectivity index (χ0n) is 10.3. The minimum Gasteiger partial charge on any atom is -0.288 e. The van der Waals surface area contributed by atoms with Crippen LogP contribution in [0.3, 0.4) is 0 Å². The molecular formula is C16H15NO. The molecule has 1 aromatic carbocycles. The lowest BCUT2D eigenvalue weighted by molar-refractivity contribution is 0.104. The Labute approximate surface area is 107 Å². The SMILES string of the molecule is CCc1ccc(C=CC(=O)c2ccccn2)cc1. The van der Waals surface area contributed by atoms with Crippen molar-refractivity contribution in [1.82, 2.24) is 4.98 Å². The van der Waals surface area contributed by atoms with Gasteiger partial charge in [0.15, 0.2) is 0 Å². The Morgan fingerprint density at radius 2 is 1.94 bits per heavy atom. The smallest absolute Gasteiger partial charge is 0.204 e. The predicted molar refractivity (Wildman–Crippen MR) is 73.4 cm³/mol. The molecule has 0 aliphatic heterocycles. The number of hydrogen-bond donors (Lipinski definition) is 0. The molecule has 0 bridgehead atoms. The highest BCUT2D eigenvalue weighted by Gasteiger charge is 2.00. The molecule has 0 saturated heterocycles. The summed E-state index contributed by atoms with van der Waals surface area (Å²) in [7, 11) is 0. The number of aryl methyl sites for hydroxylation is 1. The van der Waals surface area contributed by atoms with E-state index in [0.717, 1.165) is 12.0 Å². The van der Waals surface area contributed by atoms with Gasteiger partial charge in [0.2, 0.25) is 5.78 Å². The molecule has 2 nitrogen and oxygen atoms in total. The summed E-state index contributed by atoms with van der Waals surface area (Å²) < 4.78 is 0. The quantitative estimate of drug-likeness (QED) is 0.601. The number of rotatable bonds is 4. The first kappa shape index (κ1) is 12.2. The number of aromatic nitrogens is 1. The maximum atomic E-state index is 11.8. The fraction of sp³-hybridized carbons (Fsp3) is 0.125. The molecule has 2 aromatic rings. The average Bonchev–Trinajstić information content (AvgIpc) is 2.46. The summed E-state index contributed by atoms with van der Waals surface area (Å²) in [5.41, 5.74) is 2.79. The van der Waals surface area contributed by atoms with Gasteiger partial charge in [0, 0.05) is 6.20 Å². The van der Waals surface area contributed by atoms with Gasteiger partial charge >= 0.3 is 0 Å². The van der Waals surface area contributed by atoms with Gasteiger partial charge in [-0.05, 0) is 35.8 Å². The van der Waals surface area contributed by atoms with Gasteiger partial charge in [-0.25, -0.2) is 0 Å². The van der Waals surface area contributed by atoms with Gasteiger partial charge in [0.1, 0.15) is 5.69 Å². The second-order valence-corrected chi connectivity index (χ2v) is 4.01. The van der Waals surface area contributed by atoms with Crippen LogP contribution < -0.4 is 0 Å². The summed E-state index contributed by atoms with van der Waals surface area (Å²) in [5.74, 6) is -0.0739. The van der Waals surface area contributed by atoms with Crippen LogP contribution in [0.4, 0.5) is 0 Å². The number of nitrogens with zero attached hydrogens (tertiary/aromatic N) is 1. The number of carbonyl (C=O) groups is 1.